The van der Waals surface area contributed by atoms with Gasteiger partial charge in [0, 0.05) is 18.1 Å². The van der Waals surface area contributed by atoms with E-state index in [4.69, 9.17) is 0 Å². The predicted octanol–water partition coefficient (Wildman–Crippen LogP) is 1.92. The number of rotatable bonds is 4. The summed E-state index contributed by atoms with van der Waals surface area (Å²) in [5, 5.41) is 5.22. The Morgan fingerprint density at radius 2 is 1.95 bits per heavy atom. The van der Waals surface area contributed by atoms with Crippen LogP contribution in [0.3, 0.4) is 0 Å². The Balaban J connectivity index is 1.96. The third-order valence-electron chi connectivity index (χ3n) is 3.08. The fraction of sp³-hybridized carbons (Fsp3) is 0.267. The lowest BCUT2D eigenvalue weighted by molar-refractivity contribution is -0.136. The highest BCUT2D eigenvalue weighted by molar-refractivity contribution is 6.39. The number of H-pyrrole nitrogens is 1. The smallest absolute Gasteiger partial charge is 0.313 e. The molecule has 0 saturated heterocycles. The summed E-state index contributed by atoms with van der Waals surface area (Å²) in [6, 6.07) is 6.93. The molecule has 0 bridgehead atoms. The van der Waals surface area contributed by atoms with E-state index < -0.39 is 11.8 Å². The van der Waals surface area contributed by atoms with Crippen molar-refractivity contribution in [2.75, 3.05) is 5.32 Å². The number of amides is 2. The van der Waals surface area contributed by atoms with Gasteiger partial charge >= 0.3 is 11.8 Å². The molecule has 6 heteroatoms. The van der Waals surface area contributed by atoms with Crippen LogP contribution in [-0.2, 0) is 9.59 Å². The number of anilines is 1. The van der Waals surface area contributed by atoms with E-state index in [2.05, 4.69) is 20.6 Å². The highest BCUT2D eigenvalue weighted by Gasteiger charge is 2.20. The first-order chi connectivity index (χ1) is 10.1. The van der Waals surface area contributed by atoms with Gasteiger partial charge in [-0.2, -0.15) is 0 Å². The van der Waals surface area contributed by atoms with Crippen LogP contribution in [0.4, 0.5) is 5.69 Å². The molecule has 0 aliphatic carbocycles. The third kappa shape index (κ3) is 3.92. The van der Waals surface area contributed by atoms with Crippen LogP contribution in [0.25, 0.3) is 0 Å². The zero-order chi connectivity index (χ0) is 15.2. The molecule has 0 fully saturated rings. The van der Waals surface area contributed by atoms with Crippen molar-refractivity contribution < 1.29 is 9.59 Å². The molecule has 2 rings (SSSR count). The number of aryl methyl sites for hydroxylation is 1. The second-order valence-electron chi connectivity index (χ2n) is 4.73. The summed E-state index contributed by atoms with van der Waals surface area (Å²) in [6.45, 7) is 3.86. The van der Waals surface area contributed by atoms with Crippen molar-refractivity contribution in [3.05, 3.63) is 48.0 Å². The highest BCUT2D eigenvalue weighted by Crippen LogP contribution is 2.12. The van der Waals surface area contributed by atoms with E-state index in [1.54, 1.807) is 24.5 Å². The molecule has 2 amide bonds. The summed E-state index contributed by atoms with van der Waals surface area (Å²) in [7, 11) is 0. The van der Waals surface area contributed by atoms with E-state index in [9.17, 15) is 9.59 Å². The lowest BCUT2D eigenvalue weighted by Gasteiger charge is -2.14. The van der Waals surface area contributed by atoms with Gasteiger partial charge in [-0.15, -0.1) is 0 Å². The fourth-order valence-electron chi connectivity index (χ4n) is 1.88. The average Bonchev–Trinajstić information content (AvgIpc) is 3.01. The standard InChI is InChI=1S/C15H18N4O2/c1-3-12(13-16-8-9-17-13)19-15(21)14(20)18-11-6-4-10(2)5-7-11/h4-9,12H,3H2,1-2H3,(H,16,17)(H,18,20)(H,19,21). The minimum absolute atomic E-state index is 0.309. The zero-order valence-corrected chi connectivity index (χ0v) is 12.0. The van der Waals surface area contributed by atoms with Gasteiger partial charge in [0.05, 0.1) is 6.04 Å². The molecule has 0 aliphatic heterocycles. The van der Waals surface area contributed by atoms with Crippen LogP contribution in [0.15, 0.2) is 36.7 Å². The molecule has 0 aliphatic rings. The Bertz CT molecular complexity index is 605. The Labute approximate surface area is 123 Å². The van der Waals surface area contributed by atoms with E-state index in [0.717, 1.165) is 5.56 Å². The number of imidazole rings is 1. The Kier molecular flexibility index (Phi) is 4.71. The number of carbonyl (C=O) groups excluding carboxylic acids is 2. The summed E-state index contributed by atoms with van der Waals surface area (Å²) in [4.78, 5) is 30.8. The molecule has 0 radical (unpaired) electrons. The number of nitrogens with one attached hydrogen (secondary N) is 3. The maximum Gasteiger partial charge on any atom is 0.313 e. The molecule has 6 nitrogen and oxygen atoms in total. The fourth-order valence-corrected chi connectivity index (χ4v) is 1.88. The number of carbonyl (C=O) groups is 2. The van der Waals surface area contributed by atoms with Crippen LogP contribution in [0.5, 0.6) is 0 Å². The molecule has 1 heterocycles. The molecule has 0 spiro atoms. The van der Waals surface area contributed by atoms with Crippen LogP contribution < -0.4 is 10.6 Å². The largest absolute Gasteiger partial charge is 0.347 e. The van der Waals surface area contributed by atoms with E-state index in [1.807, 2.05) is 26.0 Å². The molecule has 0 saturated carbocycles. The Morgan fingerprint density at radius 1 is 1.24 bits per heavy atom. The minimum atomic E-state index is -0.691. The van der Waals surface area contributed by atoms with E-state index in [-0.39, 0.29) is 6.04 Å². The first-order valence-corrected chi connectivity index (χ1v) is 6.78. The van der Waals surface area contributed by atoms with Gasteiger partial charge in [0.1, 0.15) is 5.82 Å². The number of benzene rings is 1. The summed E-state index contributed by atoms with van der Waals surface area (Å²) in [5.41, 5.74) is 1.67. The lowest BCUT2D eigenvalue weighted by Crippen LogP contribution is -2.38. The van der Waals surface area contributed by atoms with E-state index in [0.29, 0.717) is 17.9 Å². The van der Waals surface area contributed by atoms with Crippen LogP contribution in [0, 0.1) is 6.92 Å². The first kappa shape index (κ1) is 14.8. The number of aromatic nitrogens is 2. The van der Waals surface area contributed by atoms with Gasteiger partial charge in [0.25, 0.3) is 0 Å². The molecule has 21 heavy (non-hydrogen) atoms. The van der Waals surface area contributed by atoms with Gasteiger partial charge in [0.2, 0.25) is 0 Å². The van der Waals surface area contributed by atoms with Crippen LogP contribution in [0.1, 0.15) is 30.8 Å². The average molecular weight is 286 g/mol. The van der Waals surface area contributed by atoms with Crippen molar-refractivity contribution in [1.29, 1.82) is 0 Å². The SMILES string of the molecule is CCC(NC(=O)C(=O)Nc1ccc(C)cc1)c1ncc[nH]1. The maximum atomic E-state index is 11.9. The van der Waals surface area contributed by atoms with Gasteiger partial charge in [-0.25, -0.2) is 4.98 Å². The maximum absolute atomic E-state index is 11.9. The molecule has 110 valence electrons. The topological polar surface area (TPSA) is 86.9 Å². The minimum Gasteiger partial charge on any atom is -0.347 e. The summed E-state index contributed by atoms with van der Waals surface area (Å²) in [5.74, 6) is -0.739. The monoisotopic (exact) mass is 286 g/mol. The van der Waals surface area contributed by atoms with E-state index in [1.165, 1.54) is 0 Å². The summed E-state index contributed by atoms with van der Waals surface area (Å²) < 4.78 is 0. The quantitative estimate of drug-likeness (QED) is 0.750. The van der Waals surface area contributed by atoms with Crippen molar-refractivity contribution in [3.8, 4) is 0 Å². The second-order valence-corrected chi connectivity index (χ2v) is 4.73. The zero-order valence-electron chi connectivity index (χ0n) is 12.0. The molecule has 1 atom stereocenters. The third-order valence-corrected chi connectivity index (χ3v) is 3.08. The van der Waals surface area contributed by atoms with Crippen LogP contribution in [-0.4, -0.2) is 21.8 Å². The molecule has 2 aromatic rings. The van der Waals surface area contributed by atoms with Gasteiger partial charge in [-0.3, -0.25) is 9.59 Å². The first-order valence-electron chi connectivity index (χ1n) is 6.78. The van der Waals surface area contributed by atoms with Crippen molar-refractivity contribution >= 4 is 17.5 Å². The predicted molar refractivity (Wildman–Crippen MR) is 79.6 cm³/mol. The van der Waals surface area contributed by atoms with Crippen molar-refractivity contribution in [2.24, 2.45) is 0 Å². The summed E-state index contributed by atoms with van der Waals surface area (Å²) in [6.07, 6.45) is 3.92. The molecule has 1 aromatic heterocycles. The molecule has 1 aromatic carbocycles. The Morgan fingerprint density at radius 3 is 2.52 bits per heavy atom. The second kappa shape index (κ2) is 6.69. The van der Waals surface area contributed by atoms with Gasteiger partial charge in [-0.05, 0) is 25.5 Å². The van der Waals surface area contributed by atoms with Crippen molar-refractivity contribution in [3.63, 3.8) is 0 Å². The molecular weight excluding hydrogens is 268 g/mol. The molecule has 1 unspecified atom stereocenters. The Hall–Kier alpha value is -2.63. The molecule has 3 N–H and O–H groups in total. The van der Waals surface area contributed by atoms with Crippen LogP contribution >= 0.6 is 0 Å². The summed E-state index contributed by atoms with van der Waals surface area (Å²) >= 11 is 0. The molecular formula is C15H18N4O2. The number of hydrogen-bond acceptors (Lipinski definition) is 3. The highest BCUT2D eigenvalue weighted by atomic mass is 16.2. The number of hydrogen-bond donors (Lipinski definition) is 3. The lowest BCUT2D eigenvalue weighted by atomic mass is 10.2. The normalized spacial score (nSPS) is 11.7. The van der Waals surface area contributed by atoms with Crippen LogP contribution in [0.2, 0.25) is 0 Å². The van der Waals surface area contributed by atoms with Crippen molar-refractivity contribution in [2.45, 2.75) is 26.3 Å². The van der Waals surface area contributed by atoms with Gasteiger partial charge < -0.3 is 15.6 Å². The number of aromatic amines is 1. The van der Waals surface area contributed by atoms with Crippen molar-refractivity contribution in [1.82, 2.24) is 15.3 Å². The number of nitrogens with zero attached hydrogens (tertiary/aromatic N) is 1. The van der Waals surface area contributed by atoms with Gasteiger partial charge in [0.15, 0.2) is 0 Å². The van der Waals surface area contributed by atoms with Gasteiger partial charge in [-0.1, -0.05) is 24.6 Å². The van der Waals surface area contributed by atoms with E-state index >= 15 is 0 Å².